The normalized spacial score (nSPS) is 23.6. The number of carbonyl (C=O) groups excluding carboxylic acids is 1. The van der Waals surface area contributed by atoms with Gasteiger partial charge in [0.2, 0.25) is 0 Å². The van der Waals surface area contributed by atoms with Crippen molar-refractivity contribution in [2.75, 3.05) is 0 Å². The zero-order valence-electron chi connectivity index (χ0n) is 17.0. The van der Waals surface area contributed by atoms with Crippen LogP contribution < -0.4 is 0 Å². The van der Waals surface area contributed by atoms with E-state index in [4.69, 9.17) is 4.74 Å². The van der Waals surface area contributed by atoms with Crippen LogP contribution in [-0.2, 0) is 4.74 Å². The van der Waals surface area contributed by atoms with Crippen molar-refractivity contribution in [2.24, 2.45) is 11.8 Å². The highest BCUT2D eigenvalue weighted by Gasteiger charge is 2.41. The number of carboxylic acid groups (broad SMARTS) is 1. The van der Waals surface area contributed by atoms with Gasteiger partial charge in [-0.15, -0.1) is 0 Å². The minimum absolute atomic E-state index is 0.00726. The molecule has 0 amide bonds. The maximum absolute atomic E-state index is 12.8. The SMILES string of the molecule is CCCCC(CC)CC1CCCCC1(C)OC(=O)c1ccccc1C(=O)O. The van der Waals surface area contributed by atoms with Crippen molar-refractivity contribution in [1.82, 2.24) is 0 Å². The molecule has 0 saturated heterocycles. The summed E-state index contributed by atoms with van der Waals surface area (Å²) in [5, 5.41) is 9.36. The minimum Gasteiger partial charge on any atom is -0.478 e. The minimum atomic E-state index is -1.10. The topological polar surface area (TPSA) is 63.6 Å². The van der Waals surface area contributed by atoms with Crippen LogP contribution in [0.1, 0.15) is 99.3 Å². The van der Waals surface area contributed by atoms with Crippen molar-refractivity contribution < 1.29 is 19.4 Å². The lowest BCUT2D eigenvalue weighted by molar-refractivity contribution is -0.0665. The summed E-state index contributed by atoms with van der Waals surface area (Å²) in [5.41, 5.74) is -0.359. The Hall–Kier alpha value is -1.84. The van der Waals surface area contributed by atoms with Crippen LogP contribution in [0, 0.1) is 11.8 Å². The predicted octanol–water partition coefficient (Wildman–Crippen LogP) is 6.10. The molecule has 4 nitrogen and oxygen atoms in total. The predicted molar refractivity (Wildman–Crippen MR) is 107 cm³/mol. The molecule has 1 aliphatic carbocycles. The monoisotopic (exact) mass is 374 g/mol. The molecular formula is C23H34O4. The second kappa shape index (κ2) is 9.91. The van der Waals surface area contributed by atoms with Crippen molar-refractivity contribution in [3.05, 3.63) is 35.4 Å². The zero-order valence-corrected chi connectivity index (χ0v) is 17.0. The third-order valence-electron chi connectivity index (χ3n) is 6.20. The van der Waals surface area contributed by atoms with Crippen molar-refractivity contribution in [2.45, 2.75) is 84.2 Å². The van der Waals surface area contributed by atoms with E-state index in [1.807, 2.05) is 6.92 Å². The first-order valence-electron chi connectivity index (χ1n) is 10.5. The molecule has 1 saturated carbocycles. The number of ether oxygens (including phenoxy) is 1. The summed E-state index contributed by atoms with van der Waals surface area (Å²) in [7, 11) is 0. The molecule has 150 valence electrons. The van der Waals surface area contributed by atoms with Crippen molar-refractivity contribution >= 4 is 11.9 Å². The van der Waals surface area contributed by atoms with E-state index < -0.39 is 17.5 Å². The Morgan fingerprint density at radius 3 is 2.56 bits per heavy atom. The van der Waals surface area contributed by atoms with Crippen LogP contribution in [0.15, 0.2) is 24.3 Å². The Balaban J connectivity index is 2.15. The van der Waals surface area contributed by atoms with Crippen LogP contribution in [0.3, 0.4) is 0 Å². The molecule has 2 rings (SSSR count). The number of hydrogen-bond acceptors (Lipinski definition) is 3. The van der Waals surface area contributed by atoms with Crippen LogP contribution in [0.4, 0.5) is 0 Å². The van der Waals surface area contributed by atoms with Crippen LogP contribution in [-0.4, -0.2) is 22.6 Å². The molecule has 0 radical (unpaired) electrons. The van der Waals surface area contributed by atoms with Crippen molar-refractivity contribution in [1.29, 1.82) is 0 Å². The maximum atomic E-state index is 12.8. The fraction of sp³-hybridized carbons (Fsp3) is 0.652. The highest BCUT2D eigenvalue weighted by Crippen LogP contribution is 2.42. The Labute approximate surface area is 163 Å². The van der Waals surface area contributed by atoms with Gasteiger partial charge in [0, 0.05) is 0 Å². The molecular weight excluding hydrogens is 340 g/mol. The molecule has 27 heavy (non-hydrogen) atoms. The van der Waals surface area contributed by atoms with Gasteiger partial charge in [0.25, 0.3) is 0 Å². The summed E-state index contributed by atoms with van der Waals surface area (Å²) in [6, 6.07) is 6.31. The van der Waals surface area contributed by atoms with E-state index in [2.05, 4.69) is 13.8 Å². The second-order valence-corrected chi connectivity index (χ2v) is 8.15. The van der Waals surface area contributed by atoms with Gasteiger partial charge in [0.05, 0.1) is 11.1 Å². The van der Waals surface area contributed by atoms with E-state index >= 15 is 0 Å². The first-order valence-corrected chi connectivity index (χ1v) is 10.5. The van der Waals surface area contributed by atoms with Gasteiger partial charge >= 0.3 is 11.9 Å². The summed E-state index contributed by atoms with van der Waals surface area (Å²) in [6.45, 7) is 6.51. The summed E-state index contributed by atoms with van der Waals surface area (Å²) >= 11 is 0. The van der Waals surface area contributed by atoms with Crippen LogP contribution >= 0.6 is 0 Å². The van der Waals surface area contributed by atoms with Gasteiger partial charge in [0.1, 0.15) is 5.60 Å². The third kappa shape index (κ3) is 5.57. The summed E-state index contributed by atoms with van der Waals surface area (Å²) in [5.74, 6) is -0.603. The van der Waals surface area contributed by atoms with E-state index in [0.717, 1.165) is 32.1 Å². The molecule has 1 aromatic rings. The summed E-state index contributed by atoms with van der Waals surface area (Å²) in [4.78, 5) is 24.3. The summed E-state index contributed by atoms with van der Waals surface area (Å²) < 4.78 is 6.02. The molecule has 0 bridgehead atoms. The van der Waals surface area contributed by atoms with Gasteiger partial charge in [-0.1, -0.05) is 58.1 Å². The standard InChI is InChI=1S/C23H34O4/c1-4-6-11-17(5-2)16-18-12-9-10-15-23(18,3)27-22(26)20-14-8-7-13-19(20)21(24)25/h7-8,13-14,17-18H,4-6,9-12,15-16H2,1-3H3,(H,24,25). The quantitative estimate of drug-likeness (QED) is 0.531. The molecule has 0 heterocycles. The lowest BCUT2D eigenvalue weighted by atomic mass is 9.71. The van der Waals surface area contributed by atoms with E-state index in [1.165, 1.54) is 31.7 Å². The number of esters is 1. The van der Waals surface area contributed by atoms with Crippen LogP contribution in [0.2, 0.25) is 0 Å². The lowest BCUT2D eigenvalue weighted by Crippen LogP contribution is -2.43. The lowest BCUT2D eigenvalue weighted by Gasteiger charge is -2.42. The van der Waals surface area contributed by atoms with Crippen molar-refractivity contribution in [3.63, 3.8) is 0 Å². The average Bonchev–Trinajstić information content (AvgIpc) is 2.66. The fourth-order valence-corrected chi connectivity index (χ4v) is 4.38. The highest BCUT2D eigenvalue weighted by atomic mass is 16.6. The number of aromatic carboxylic acids is 1. The van der Waals surface area contributed by atoms with E-state index in [-0.39, 0.29) is 11.1 Å². The number of rotatable bonds is 9. The number of benzene rings is 1. The van der Waals surface area contributed by atoms with Crippen LogP contribution in [0.5, 0.6) is 0 Å². The van der Waals surface area contributed by atoms with Gasteiger partial charge in [-0.3, -0.25) is 0 Å². The Bertz CT molecular complexity index is 639. The number of carboxylic acids is 1. The van der Waals surface area contributed by atoms with Gasteiger partial charge in [0.15, 0.2) is 0 Å². The number of hydrogen-bond donors (Lipinski definition) is 1. The van der Waals surface area contributed by atoms with Crippen molar-refractivity contribution in [3.8, 4) is 0 Å². The molecule has 3 unspecified atom stereocenters. The molecule has 1 N–H and O–H groups in total. The number of unbranched alkanes of at least 4 members (excludes halogenated alkanes) is 1. The molecule has 1 aromatic carbocycles. The smallest absolute Gasteiger partial charge is 0.339 e. The van der Waals surface area contributed by atoms with Crippen LogP contribution in [0.25, 0.3) is 0 Å². The molecule has 4 heteroatoms. The molecule has 0 aromatic heterocycles. The van der Waals surface area contributed by atoms with E-state index in [1.54, 1.807) is 18.2 Å². The largest absolute Gasteiger partial charge is 0.478 e. The molecule has 1 fully saturated rings. The maximum Gasteiger partial charge on any atom is 0.339 e. The Morgan fingerprint density at radius 2 is 1.93 bits per heavy atom. The second-order valence-electron chi connectivity index (χ2n) is 8.15. The molecule has 0 spiro atoms. The third-order valence-corrected chi connectivity index (χ3v) is 6.20. The average molecular weight is 375 g/mol. The highest BCUT2D eigenvalue weighted by molar-refractivity contribution is 6.02. The van der Waals surface area contributed by atoms with E-state index in [0.29, 0.717) is 11.8 Å². The van der Waals surface area contributed by atoms with Gasteiger partial charge in [-0.25, -0.2) is 9.59 Å². The zero-order chi connectivity index (χ0) is 19.9. The molecule has 0 aliphatic heterocycles. The van der Waals surface area contributed by atoms with E-state index in [9.17, 15) is 14.7 Å². The Morgan fingerprint density at radius 1 is 1.22 bits per heavy atom. The number of carbonyl (C=O) groups is 2. The molecule has 1 aliphatic rings. The first kappa shape index (κ1) is 21.5. The Kier molecular flexibility index (Phi) is 7.88. The first-order chi connectivity index (χ1) is 12.9. The van der Waals surface area contributed by atoms with Gasteiger partial charge < -0.3 is 9.84 Å². The van der Waals surface area contributed by atoms with Gasteiger partial charge in [-0.05, 0) is 56.6 Å². The molecule has 3 atom stereocenters. The summed E-state index contributed by atoms with van der Waals surface area (Å²) in [6.07, 6.45) is 10.1. The fourth-order valence-electron chi connectivity index (χ4n) is 4.38. The van der Waals surface area contributed by atoms with Gasteiger partial charge in [-0.2, -0.15) is 0 Å².